The molecule has 0 aromatic carbocycles. The molecular weight excluding hydrogens is 216 g/mol. The number of aromatic nitrogens is 1. The summed E-state index contributed by atoms with van der Waals surface area (Å²) in [5.41, 5.74) is 0. The third-order valence-corrected chi connectivity index (χ3v) is 3.47. The van der Waals surface area contributed by atoms with Crippen molar-refractivity contribution in [3.63, 3.8) is 0 Å². The van der Waals surface area contributed by atoms with Crippen LogP contribution in [0.2, 0.25) is 0 Å². The van der Waals surface area contributed by atoms with E-state index in [9.17, 15) is 4.79 Å². The summed E-state index contributed by atoms with van der Waals surface area (Å²) in [7, 11) is 0. The fraction of sp³-hybridized carbons (Fsp3) is 0.692. The molecule has 1 aliphatic heterocycles. The van der Waals surface area contributed by atoms with E-state index in [2.05, 4.69) is 23.9 Å². The van der Waals surface area contributed by atoms with Gasteiger partial charge in [-0.2, -0.15) is 0 Å². The molecular formula is C13H20N2O2. The van der Waals surface area contributed by atoms with E-state index in [-0.39, 0.29) is 5.78 Å². The molecule has 2 heterocycles. The van der Waals surface area contributed by atoms with E-state index >= 15 is 0 Å². The molecule has 17 heavy (non-hydrogen) atoms. The summed E-state index contributed by atoms with van der Waals surface area (Å²) in [6.07, 6.45) is 4.43. The summed E-state index contributed by atoms with van der Waals surface area (Å²) < 4.78 is 4.90. The number of hydrogen-bond donors (Lipinski definition) is 0. The minimum Gasteiger partial charge on any atom is -0.353 e. The number of carbonyl (C=O) groups excluding carboxylic acids is 1. The fourth-order valence-electron chi connectivity index (χ4n) is 2.46. The lowest BCUT2D eigenvalue weighted by atomic mass is 9.91. The van der Waals surface area contributed by atoms with Crippen LogP contribution in [0.25, 0.3) is 0 Å². The maximum Gasteiger partial charge on any atom is 0.202 e. The van der Waals surface area contributed by atoms with Crippen molar-refractivity contribution in [1.82, 2.24) is 10.1 Å². The molecule has 1 aliphatic rings. The van der Waals surface area contributed by atoms with Crippen LogP contribution in [0.1, 0.15) is 43.7 Å². The minimum absolute atomic E-state index is 0.0816. The summed E-state index contributed by atoms with van der Waals surface area (Å²) in [6, 6.07) is 2.21. The second kappa shape index (κ2) is 5.45. The van der Waals surface area contributed by atoms with Crippen LogP contribution in [0.5, 0.6) is 0 Å². The number of carbonyl (C=O) groups is 1. The average Bonchev–Trinajstić information content (AvgIpc) is 2.82. The van der Waals surface area contributed by atoms with Crippen LogP contribution in [0.15, 0.2) is 16.8 Å². The summed E-state index contributed by atoms with van der Waals surface area (Å²) >= 11 is 0. The lowest BCUT2D eigenvalue weighted by molar-refractivity contribution is 0.0856. The fourth-order valence-corrected chi connectivity index (χ4v) is 2.46. The zero-order valence-corrected chi connectivity index (χ0v) is 10.6. The van der Waals surface area contributed by atoms with Crippen molar-refractivity contribution in [2.75, 3.05) is 13.1 Å². The Kier molecular flexibility index (Phi) is 3.94. The smallest absolute Gasteiger partial charge is 0.202 e. The molecule has 1 aromatic rings. The number of hydrogen-bond acceptors (Lipinski definition) is 4. The highest BCUT2D eigenvalue weighted by atomic mass is 16.5. The first-order chi connectivity index (χ1) is 8.16. The average molecular weight is 236 g/mol. The van der Waals surface area contributed by atoms with Gasteiger partial charge in [-0.15, -0.1) is 0 Å². The second-order valence-electron chi connectivity index (χ2n) is 5.10. The third kappa shape index (κ3) is 3.16. The van der Waals surface area contributed by atoms with Crippen molar-refractivity contribution in [2.45, 2.75) is 39.2 Å². The molecule has 0 spiro atoms. The SMILES string of the molecule is CC(C)N1CCC[C@@H](CC(=O)c2ccno2)C1. The van der Waals surface area contributed by atoms with E-state index in [4.69, 9.17) is 4.52 Å². The zero-order valence-electron chi connectivity index (χ0n) is 10.6. The third-order valence-electron chi connectivity index (χ3n) is 3.47. The van der Waals surface area contributed by atoms with Gasteiger partial charge in [-0.3, -0.25) is 4.79 Å². The van der Waals surface area contributed by atoms with E-state index in [1.807, 2.05) is 0 Å². The molecule has 0 saturated carbocycles. The van der Waals surface area contributed by atoms with Gasteiger partial charge >= 0.3 is 0 Å². The first-order valence-electron chi connectivity index (χ1n) is 6.34. The molecule has 1 atom stereocenters. The molecule has 1 fully saturated rings. The number of piperidine rings is 1. The number of likely N-dealkylation sites (tertiary alicyclic amines) is 1. The molecule has 0 unspecified atom stereocenters. The Hall–Kier alpha value is -1.16. The molecule has 0 radical (unpaired) electrons. The molecule has 0 amide bonds. The molecule has 0 bridgehead atoms. The van der Waals surface area contributed by atoms with Crippen LogP contribution in [0.3, 0.4) is 0 Å². The van der Waals surface area contributed by atoms with Crippen LogP contribution in [0.4, 0.5) is 0 Å². The van der Waals surface area contributed by atoms with Gasteiger partial charge in [0.15, 0.2) is 0 Å². The van der Waals surface area contributed by atoms with Crippen molar-refractivity contribution in [1.29, 1.82) is 0 Å². The lowest BCUT2D eigenvalue weighted by Gasteiger charge is -2.35. The highest BCUT2D eigenvalue weighted by Gasteiger charge is 2.24. The predicted molar refractivity (Wildman–Crippen MR) is 64.9 cm³/mol. The first kappa shape index (κ1) is 12.3. The largest absolute Gasteiger partial charge is 0.353 e. The molecule has 1 saturated heterocycles. The summed E-state index contributed by atoms with van der Waals surface area (Å²) in [4.78, 5) is 14.3. The number of ketones is 1. The van der Waals surface area contributed by atoms with Crippen LogP contribution in [-0.2, 0) is 0 Å². The molecule has 2 rings (SSSR count). The van der Waals surface area contributed by atoms with Gasteiger partial charge in [-0.05, 0) is 39.2 Å². The molecule has 1 aromatic heterocycles. The Morgan fingerprint density at radius 2 is 2.47 bits per heavy atom. The van der Waals surface area contributed by atoms with Gasteiger partial charge in [0.25, 0.3) is 0 Å². The highest BCUT2D eigenvalue weighted by molar-refractivity contribution is 5.93. The van der Waals surface area contributed by atoms with Crippen LogP contribution < -0.4 is 0 Å². The standard InChI is InChI=1S/C13H20N2O2/c1-10(2)15-7-3-4-11(9-15)8-12(16)13-5-6-14-17-13/h5-6,10-11H,3-4,7-9H2,1-2H3/t11-/m0/s1. The Bertz CT molecular complexity index is 360. The summed E-state index contributed by atoms with van der Waals surface area (Å²) in [6.45, 7) is 6.60. The maximum absolute atomic E-state index is 11.9. The maximum atomic E-state index is 11.9. The van der Waals surface area contributed by atoms with Gasteiger partial charge < -0.3 is 9.42 Å². The first-order valence-corrected chi connectivity index (χ1v) is 6.34. The van der Waals surface area contributed by atoms with Crippen molar-refractivity contribution >= 4 is 5.78 Å². The van der Waals surface area contributed by atoms with Crippen LogP contribution >= 0.6 is 0 Å². The van der Waals surface area contributed by atoms with Gasteiger partial charge in [-0.25, -0.2) is 0 Å². The predicted octanol–water partition coefficient (Wildman–Crippen LogP) is 2.37. The molecule has 0 aliphatic carbocycles. The van der Waals surface area contributed by atoms with Crippen LogP contribution in [0, 0.1) is 5.92 Å². The quantitative estimate of drug-likeness (QED) is 0.753. The highest BCUT2D eigenvalue weighted by Crippen LogP contribution is 2.22. The minimum atomic E-state index is 0.0816. The number of Topliss-reactive ketones (excluding diaryl/α,β-unsaturated/α-hetero) is 1. The lowest BCUT2D eigenvalue weighted by Crippen LogP contribution is -2.40. The Labute approximate surface area is 102 Å². The van der Waals surface area contributed by atoms with E-state index in [1.54, 1.807) is 6.07 Å². The van der Waals surface area contributed by atoms with Crippen molar-refractivity contribution in [2.24, 2.45) is 5.92 Å². The zero-order chi connectivity index (χ0) is 12.3. The van der Waals surface area contributed by atoms with Crippen molar-refractivity contribution < 1.29 is 9.32 Å². The Balaban J connectivity index is 1.89. The Morgan fingerprint density at radius 1 is 1.65 bits per heavy atom. The van der Waals surface area contributed by atoms with Crippen molar-refractivity contribution in [3.8, 4) is 0 Å². The van der Waals surface area contributed by atoms with E-state index in [1.165, 1.54) is 12.6 Å². The number of rotatable bonds is 4. The van der Waals surface area contributed by atoms with Crippen molar-refractivity contribution in [3.05, 3.63) is 18.0 Å². The Morgan fingerprint density at radius 3 is 3.12 bits per heavy atom. The second-order valence-corrected chi connectivity index (χ2v) is 5.10. The monoisotopic (exact) mass is 236 g/mol. The summed E-state index contributed by atoms with van der Waals surface area (Å²) in [5.74, 6) is 0.938. The van der Waals surface area contributed by atoms with Gasteiger partial charge in [0, 0.05) is 25.1 Å². The van der Waals surface area contributed by atoms with E-state index < -0.39 is 0 Å². The molecule has 94 valence electrons. The number of nitrogens with zero attached hydrogens (tertiary/aromatic N) is 2. The topological polar surface area (TPSA) is 46.3 Å². The normalized spacial score (nSPS) is 21.9. The molecule has 4 heteroatoms. The molecule has 0 N–H and O–H groups in total. The van der Waals surface area contributed by atoms with Crippen LogP contribution in [-0.4, -0.2) is 35.0 Å². The van der Waals surface area contributed by atoms with Gasteiger partial charge in [0.1, 0.15) is 0 Å². The van der Waals surface area contributed by atoms with E-state index in [0.29, 0.717) is 24.1 Å². The van der Waals surface area contributed by atoms with Gasteiger partial charge in [0.05, 0.1) is 6.20 Å². The summed E-state index contributed by atoms with van der Waals surface area (Å²) in [5, 5.41) is 3.57. The van der Waals surface area contributed by atoms with E-state index in [0.717, 1.165) is 19.5 Å². The van der Waals surface area contributed by atoms with Gasteiger partial charge in [0.2, 0.25) is 11.5 Å². The molecule has 4 nitrogen and oxygen atoms in total. The van der Waals surface area contributed by atoms with Gasteiger partial charge in [-0.1, -0.05) is 5.16 Å².